The zero-order valence-corrected chi connectivity index (χ0v) is 17.4. The first-order chi connectivity index (χ1) is 12.0. The van der Waals surface area contributed by atoms with Crippen molar-refractivity contribution in [2.24, 2.45) is 10.1 Å². The summed E-state index contributed by atoms with van der Waals surface area (Å²) in [5.74, 6) is 1.54. The number of benzene rings is 1. The molecule has 0 aliphatic carbocycles. The van der Waals surface area contributed by atoms with Crippen molar-refractivity contribution in [3.63, 3.8) is 0 Å². The zero-order chi connectivity index (χ0) is 18.1. The Kier molecular flexibility index (Phi) is 9.38. The number of nitrogens with two attached hydrogens (primary N) is 1. The number of aliphatic imine (C=N–C) groups is 1. The average molecular weight is 490 g/mol. The summed E-state index contributed by atoms with van der Waals surface area (Å²) in [4.78, 5) is 4.56. The topological polar surface area (TPSA) is 110 Å². The number of sulfonamides is 1. The molecule has 26 heavy (non-hydrogen) atoms. The lowest BCUT2D eigenvalue weighted by Crippen LogP contribution is -2.38. The average Bonchev–Trinajstić information content (AvgIpc) is 3.10. The smallest absolute Gasteiger partial charge is 0.238 e. The summed E-state index contributed by atoms with van der Waals surface area (Å²) >= 11 is 0. The van der Waals surface area contributed by atoms with E-state index in [0.717, 1.165) is 17.7 Å². The Bertz CT molecular complexity index is 803. The van der Waals surface area contributed by atoms with Crippen LogP contribution in [0.2, 0.25) is 0 Å². The lowest BCUT2D eigenvalue weighted by atomic mass is 10.2. The van der Waals surface area contributed by atoms with Crippen molar-refractivity contribution in [1.29, 1.82) is 0 Å². The first kappa shape index (κ1) is 22.2. The Morgan fingerprint density at radius 2 is 1.96 bits per heavy atom. The van der Waals surface area contributed by atoms with Gasteiger partial charge >= 0.3 is 0 Å². The molecule has 0 bridgehead atoms. The number of hydrogen-bond donors (Lipinski definition) is 3. The third kappa shape index (κ3) is 7.58. The molecule has 0 amide bonds. The van der Waals surface area contributed by atoms with Gasteiger partial charge in [0.1, 0.15) is 5.76 Å². The first-order valence-corrected chi connectivity index (χ1v) is 9.31. The molecule has 0 unspecified atom stereocenters. The number of rotatable bonds is 8. The standard InChI is InChI=1S/C17H22N4O3S.HI/c1-2-10-19-17(20-11-9-15-4-3-12-24-15)21-13-14-5-7-16(8-6-14)25(18,22)23;/h2-8,12H,1,9-11,13H2,(H2,18,22,23)(H2,19,20,21);1H. The van der Waals surface area contributed by atoms with Crippen LogP contribution in [-0.2, 0) is 23.0 Å². The SMILES string of the molecule is C=CCNC(=NCc1ccc(S(N)(=O)=O)cc1)NCCc1ccco1.I. The minimum absolute atomic E-state index is 0. The van der Waals surface area contributed by atoms with E-state index >= 15 is 0 Å². The van der Waals surface area contributed by atoms with E-state index < -0.39 is 10.0 Å². The fraction of sp³-hybridized carbons (Fsp3) is 0.235. The normalized spacial score (nSPS) is 11.5. The molecule has 142 valence electrons. The minimum atomic E-state index is -3.68. The molecular weight excluding hydrogens is 467 g/mol. The molecule has 4 N–H and O–H groups in total. The number of furan rings is 1. The lowest BCUT2D eigenvalue weighted by Gasteiger charge is -2.11. The van der Waals surface area contributed by atoms with E-state index in [1.165, 1.54) is 12.1 Å². The van der Waals surface area contributed by atoms with Gasteiger partial charge in [-0.25, -0.2) is 18.5 Å². The minimum Gasteiger partial charge on any atom is -0.469 e. The predicted molar refractivity (Wildman–Crippen MR) is 113 cm³/mol. The fourth-order valence-corrected chi connectivity index (χ4v) is 2.57. The van der Waals surface area contributed by atoms with Gasteiger partial charge in [0.15, 0.2) is 5.96 Å². The van der Waals surface area contributed by atoms with Crippen LogP contribution < -0.4 is 15.8 Å². The molecule has 0 atom stereocenters. The van der Waals surface area contributed by atoms with Gasteiger partial charge in [0.05, 0.1) is 17.7 Å². The highest BCUT2D eigenvalue weighted by molar-refractivity contribution is 14.0. The molecule has 7 nitrogen and oxygen atoms in total. The summed E-state index contributed by atoms with van der Waals surface area (Å²) in [5.41, 5.74) is 0.873. The Labute approximate surface area is 170 Å². The monoisotopic (exact) mass is 490 g/mol. The van der Waals surface area contributed by atoms with Crippen LogP contribution in [0.4, 0.5) is 0 Å². The third-order valence-corrected chi connectivity index (χ3v) is 4.26. The first-order valence-electron chi connectivity index (χ1n) is 7.76. The molecule has 1 aromatic heterocycles. The van der Waals surface area contributed by atoms with Crippen LogP contribution in [0.1, 0.15) is 11.3 Å². The number of hydrogen-bond acceptors (Lipinski definition) is 4. The van der Waals surface area contributed by atoms with E-state index in [0.29, 0.717) is 25.6 Å². The van der Waals surface area contributed by atoms with Crippen molar-refractivity contribution >= 4 is 40.0 Å². The van der Waals surface area contributed by atoms with Crippen molar-refractivity contribution in [3.05, 3.63) is 66.6 Å². The largest absolute Gasteiger partial charge is 0.469 e. The van der Waals surface area contributed by atoms with Crippen LogP contribution in [0.15, 0.2) is 69.6 Å². The van der Waals surface area contributed by atoms with Gasteiger partial charge in [0.2, 0.25) is 10.0 Å². The molecule has 0 spiro atoms. The maximum Gasteiger partial charge on any atom is 0.238 e. The molecule has 0 saturated heterocycles. The molecular formula is C17H23IN4O3S. The van der Waals surface area contributed by atoms with Gasteiger partial charge in [-0.3, -0.25) is 0 Å². The van der Waals surface area contributed by atoms with Gasteiger partial charge in [-0.1, -0.05) is 18.2 Å². The quantitative estimate of drug-likeness (QED) is 0.227. The van der Waals surface area contributed by atoms with Crippen molar-refractivity contribution in [2.45, 2.75) is 17.9 Å². The number of nitrogens with zero attached hydrogens (tertiary/aromatic N) is 1. The molecule has 0 saturated carbocycles. The predicted octanol–water partition coefficient (Wildman–Crippen LogP) is 2.01. The highest BCUT2D eigenvalue weighted by Crippen LogP contribution is 2.09. The molecule has 2 rings (SSSR count). The number of primary sulfonamides is 1. The molecule has 0 radical (unpaired) electrons. The van der Waals surface area contributed by atoms with Gasteiger partial charge in [0.25, 0.3) is 0 Å². The Morgan fingerprint density at radius 3 is 2.54 bits per heavy atom. The summed E-state index contributed by atoms with van der Waals surface area (Å²) in [5, 5.41) is 11.4. The van der Waals surface area contributed by atoms with Crippen molar-refractivity contribution < 1.29 is 12.8 Å². The van der Waals surface area contributed by atoms with Crippen LogP contribution in [0.5, 0.6) is 0 Å². The van der Waals surface area contributed by atoms with Crippen LogP contribution in [0.25, 0.3) is 0 Å². The van der Waals surface area contributed by atoms with E-state index in [2.05, 4.69) is 22.2 Å². The van der Waals surface area contributed by atoms with Crippen molar-refractivity contribution in [3.8, 4) is 0 Å². The lowest BCUT2D eigenvalue weighted by molar-refractivity contribution is 0.507. The van der Waals surface area contributed by atoms with Gasteiger partial charge < -0.3 is 15.1 Å². The molecule has 0 aliphatic rings. The second-order valence-electron chi connectivity index (χ2n) is 5.28. The molecule has 9 heteroatoms. The zero-order valence-electron chi connectivity index (χ0n) is 14.2. The van der Waals surface area contributed by atoms with Crippen LogP contribution in [0.3, 0.4) is 0 Å². The van der Waals surface area contributed by atoms with Crippen LogP contribution in [0, 0.1) is 0 Å². The fourth-order valence-electron chi connectivity index (χ4n) is 2.06. The molecule has 0 aliphatic heterocycles. The highest BCUT2D eigenvalue weighted by Gasteiger charge is 2.06. The second kappa shape index (κ2) is 11.0. The van der Waals surface area contributed by atoms with Crippen LogP contribution in [-0.4, -0.2) is 27.5 Å². The summed E-state index contributed by atoms with van der Waals surface area (Å²) in [6.07, 6.45) is 4.13. The Balaban J connectivity index is 0.00000338. The summed E-state index contributed by atoms with van der Waals surface area (Å²) < 4.78 is 27.8. The number of nitrogens with one attached hydrogen (secondary N) is 2. The number of guanidine groups is 1. The van der Waals surface area contributed by atoms with Gasteiger partial charge in [-0.2, -0.15) is 0 Å². The maximum atomic E-state index is 11.3. The maximum absolute atomic E-state index is 11.3. The Morgan fingerprint density at radius 1 is 1.23 bits per heavy atom. The van der Waals surface area contributed by atoms with Crippen molar-refractivity contribution in [1.82, 2.24) is 10.6 Å². The van der Waals surface area contributed by atoms with Crippen LogP contribution >= 0.6 is 24.0 Å². The molecule has 2 aromatic rings. The summed E-state index contributed by atoms with van der Waals surface area (Å²) in [6.45, 7) is 5.32. The van der Waals surface area contributed by atoms with E-state index in [1.54, 1.807) is 24.5 Å². The van der Waals surface area contributed by atoms with E-state index in [4.69, 9.17) is 9.56 Å². The van der Waals surface area contributed by atoms with Crippen molar-refractivity contribution in [2.75, 3.05) is 13.1 Å². The van der Waals surface area contributed by atoms with E-state index in [1.807, 2.05) is 12.1 Å². The van der Waals surface area contributed by atoms with Gasteiger partial charge in [-0.05, 0) is 29.8 Å². The van der Waals surface area contributed by atoms with E-state index in [9.17, 15) is 8.42 Å². The number of halogens is 1. The molecule has 1 heterocycles. The molecule has 0 fully saturated rings. The third-order valence-electron chi connectivity index (χ3n) is 3.33. The summed E-state index contributed by atoms with van der Waals surface area (Å²) in [6, 6.07) is 10.1. The molecule has 1 aromatic carbocycles. The van der Waals surface area contributed by atoms with Gasteiger partial charge in [0, 0.05) is 19.5 Å². The van der Waals surface area contributed by atoms with Gasteiger partial charge in [-0.15, -0.1) is 30.6 Å². The Hall–Kier alpha value is -1.85. The summed E-state index contributed by atoms with van der Waals surface area (Å²) in [7, 11) is -3.68. The van der Waals surface area contributed by atoms with E-state index in [-0.39, 0.29) is 28.9 Å². The second-order valence-corrected chi connectivity index (χ2v) is 6.84. The highest BCUT2D eigenvalue weighted by atomic mass is 127.